The highest BCUT2D eigenvalue weighted by Gasteiger charge is 2.38. The molecule has 0 bridgehead atoms. The second kappa shape index (κ2) is 8.47. The number of fused-ring (bicyclic) bond motifs is 1. The lowest BCUT2D eigenvalue weighted by Gasteiger charge is -2.14. The van der Waals surface area contributed by atoms with Crippen LogP contribution in [0, 0.1) is 0 Å². The van der Waals surface area contributed by atoms with Gasteiger partial charge in [0.2, 0.25) is 0 Å². The van der Waals surface area contributed by atoms with Crippen LogP contribution in [0.2, 0.25) is 10.0 Å². The molecule has 2 N–H and O–H groups in total. The highest BCUT2D eigenvalue weighted by Crippen LogP contribution is 2.32. The topological polar surface area (TPSA) is 78.5 Å². The van der Waals surface area contributed by atoms with Crippen molar-refractivity contribution in [2.75, 3.05) is 10.2 Å². The molecule has 0 atom stereocenters. The molecule has 0 unspecified atom stereocenters. The van der Waals surface area contributed by atoms with Gasteiger partial charge >= 0.3 is 0 Å². The summed E-state index contributed by atoms with van der Waals surface area (Å²) in [7, 11) is 0. The Kier molecular flexibility index (Phi) is 5.73. The van der Waals surface area contributed by atoms with Gasteiger partial charge in [0.25, 0.3) is 17.7 Å². The Bertz CT molecular complexity index is 1250. The predicted octanol–water partition coefficient (Wildman–Crippen LogP) is 4.92. The van der Waals surface area contributed by atoms with Crippen molar-refractivity contribution < 1.29 is 14.4 Å². The Morgan fingerprint density at radius 3 is 2.39 bits per heavy atom. The molecule has 0 aliphatic carbocycles. The van der Waals surface area contributed by atoms with Gasteiger partial charge in [-0.3, -0.25) is 19.7 Å². The van der Waals surface area contributed by atoms with Crippen molar-refractivity contribution in [1.29, 1.82) is 0 Å². The second-order valence-electron chi connectivity index (χ2n) is 6.54. The molecular formula is C22H13Cl2N3O3S. The Balaban J connectivity index is 1.57. The molecule has 9 heteroatoms. The number of anilines is 2. The molecule has 3 amide bonds. The quantitative estimate of drug-likeness (QED) is 0.420. The van der Waals surface area contributed by atoms with Crippen LogP contribution < -0.4 is 15.5 Å². The lowest BCUT2D eigenvalue weighted by Crippen LogP contribution is -2.35. The predicted molar refractivity (Wildman–Crippen MR) is 124 cm³/mol. The molecule has 0 saturated carbocycles. The van der Waals surface area contributed by atoms with Crippen molar-refractivity contribution in [3.8, 4) is 0 Å². The highest BCUT2D eigenvalue weighted by atomic mass is 35.5. The smallest absolute Gasteiger partial charge is 0.268 e. The summed E-state index contributed by atoms with van der Waals surface area (Å²) in [6.07, 6.45) is 0. The average Bonchev–Trinajstić information content (AvgIpc) is 3.01. The SMILES string of the molecule is O=C(NC(=S)Nc1cccc2c1C(=O)N(c1ccccc1)C2=O)c1cc(Cl)ccc1Cl. The lowest BCUT2D eigenvalue weighted by atomic mass is 10.1. The van der Waals surface area contributed by atoms with Gasteiger partial charge in [-0.1, -0.05) is 47.5 Å². The molecule has 6 nitrogen and oxygen atoms in total. The molecule has 0 spiro atoms. The number of halogens is 2. The number of nitrogens with zero attached hydrogens (tertiary/aromatic N) is 1. The molecule has 3 aromatic rings. The van der Waals surface area contributed by atoms with Crippen molar-refractivity contribution >= 4 is 69.6 Å². The standard InChI is InChI=1S/C22H13Cl2N3O3S/c23-12-9-10-16(24)15(11-12)19(28)26-22(31)25-17-8-4-7-14-18(17)21(30)27(20(14)29)13-5-2-1-3-6-13/h1-11H,(H2,25,26,28,31). The van der Waals surface area contributed by atoms with E-state index in [2.05, 4.69) is 10.6 Å². The molecule has 1 aliphatic heterocycles. The number of rotatable bonds is 3. The van der Waals surface area contributed by atoms with Crippen LogP contribution in [0.4, 0.5) is 11.4 Å². The summed E-state index contributed by atoms with van der Waals surface area (Å²) in [5, 5.41) is 5.82. The first-order chi connectivity index (χ1) is 14.9. The fourth-order valence-electron chi connectivity index (χ4n) is 3.20. The van der Waals surface area contributed by atoms with Crippen LogP contribution in [0.15, 0.2) is 66.7 Å². The first kappa shape index (κ1) is 21.0. The van der Waals surface area contributed by atoms with E-state index in [-0.39, 0.29) is 26.8 Å². The third kappa shape index (κ3) is 4.03. The fraction of sp³-hybridized carbons (Fsp3) is 0. The molecule has 154 valence electrons. The molecule has 4 rings (SSSR count). The van der Waals surface area contributed by atoms with Crippen LogP contribution in [0.25, 0.3) is 0 Å². The molecule has 0 aromatic heterocycles. The van der Waals surface area contributed by atoms with Crippen LogP contribution in [-0.2, 0) is 0 Å². The lowest BCUT2D eigenvalue weighted by molar-refractivity contribution is 0.0924. The number of carbonyl (C=O) groups is 3. The monoisotopic (exact) mass is 469 g/mol. The molecular weight excluding hydrogens is 457 g/mol. The number of nitrogens with one attached hydrogen (secondary N) is 2. The third-order valence-corrected chi connectivity index (χ3v) is 5.35. The van der Waals surface area contributed by atoms with Gasteiger partial charge in [0.05, 0.1) is 33.1 Å². The number of hydrogen-bond donors (Lipinski definition) is 2. The number of hydrogen-bond acceptors (Lipinski definition) is 4. The Morgan fingerprint density at radius 1 is 0.903 bits per heavy atom. The maximum Gasteiger partial charge on any atom is 0.268 e. The number of benzene rings is 3. The van der Waals surface area contributed by atoms with E-state index in [1.165, 1.54) is 12.1 Å². The minimum Gasteiger partial charge on any atom is -0.332 e. The van der Waals surface area contributed by atoms with Crippen molar-refractivity contribution in [1.82, 2.24) is 5.32 Å². The maximum absolute atomic E-state index is 13.0. The van der Waals surface area contributed by atoms with E-state index >= 15 is 0 Å². The zero-order valence-corrected chi connectivity index (χ0v) is 18.0. The zero-order chi connectivity index (χ0) is 22.1. The van der Waals surface area contributed by atoms with Gasteiger partial charge in [0.1, 0.15) is 0 Å². The highest BCUT2D eigenvalue weighted by molar-refractivity contribution is 7.80. The van der Waals surface area contributed by atoms with Crippen LogP contribution in [0.5, 0.6) is 0 Å². The molecule has 0 saturated heterocycles. The molecule has 31 heavy (non-hydrogen) atoms. The van der Waals surface area contributed by atoms with Crippen LogP contribution in [-0.4, -0.2) is 22.8 Å². The normalized spacial score (nSPS) is 12.5. The first-order valence-electron chi connectivity index (χ1n) is 9.01. The number of carbonyl (C=O) groups excluding carboxylic acids is 3. The average molecular weight is 470 g/mol. The summed E-state index contributed by atoms with van der Waals surface area (Å²) in [5.74, 6) is -1.48. The number of thiocarbonyl (C=S) groups is 1. The second-order valence-corrected chi connectivity index (χ2v) is 7.79. The Hall–Kier alpha value is -3.26. The van der Waals surface area contributed by atoms with Gasteiger partial charge in [0.15, 0.2) is 5.11 Å². The summed E-state index contributed by atoms with van der Waals surface area (Å²) in [5.41, 5.74) is 1.33. The summed E-state index contributed by atoms with van der Waals surface area (Å²) < 4.78 is 0. The number of para-hydroxylation sites is 1. The number of imide groups is 1. The molecule has 0 radical (unpaired) electrons. The van der Waals surface area contributed by atoms with E-state index < -0.39 is 17.7 Å². The summed E-state index contributed by atoms with van der Waals surface area (Å²) in [6, 6.07) is 17.9. The Labute approximate surface area is 192 Å². The summed E-state index contributed by atoms with van der Waals surface area (Å²) in [6.45, 7) is 0. The van der Waals surface area contributed by atoms with Gasteiger partial charge < -0.3 is 5.32 Å². The van der Waals surface area contributed by atoms with Crippen molar-refractivity contribution in [2.45, 2.75) is 0 Å². The first-order valence-corrected chi connectivity index (χ1v) is 10.2. The van der Waals surface area contributed by atoms with Crippen molar-refractivity contribution in [3.63, 3.8) is 0 Å². The number of amides is 3. The Morgan fingerprint density at radius 2 is 1.65 bits per heavy atom. The zero-order valence-electron chi connectivity index (χ0n) is 15.7. The van der Waals surface area contributed by atoms with E-state index in [4.69, 9.17) is 35.4 Å². The van der Waals surface area contributed by atoms with E-state index in [1.807, 2.05) is 0 Å². The van der Waals surface area contributed by atoms with Gasteiger partial charge in [-0.15, -0.1) is 0 Å². The van der Waals surface area contributed by atoms with Crippen molar-refractivity contribution in [2.24, 2.45) is 0 Å². The third-order valence-electron chi connectivity index (χ3n) is 4.58. The molecule has 1 heterocycles. The van der Waals surface area contributed by atoms with Crippen LogP contribution in [0.3, 0.4) is 0 Å². The molecule has 0 fully saturated rings. The van der Waals surface area contributed by atoms with Gasteiger partial charge in [-0.25, -0.2) is 4.90 Å². The minimum atomic E-state index is -0.564. The van der Waals surface area contributed by atoms with Crippen LogP contribution >= 0.6 is 35.4 Å². The fourth-order valence-corrected chi connectivity index (χ4v) is 3.77. The van der Waals surface area contributed by atoms with E-state index in [0.29, 0.717) is 16.4 Å². The van der Waals surface area contributed by atoms with E-state index in [9.17, 15) is 14.4 Å². The minimum absolute atomic E-state index is 0.0622. The van der Waals surface area contributed by atoms with Gasteiger partial charge in [-0.2, -0.15) is 0 Å². The van der Waals surface area contributed by atoms with E-state index in [0.717, 1.165) is 4.90 Å². The maximum atomic E-state index is 13.0. The van der Waals surface area contributed by atoms with Crippen molar-refractivity contribution in [3.05, 3.63) is 93.5 Å². The van der Waals surface area contributed by atoms with Crippen LogP contribution in [0.1, 0.15) is 31.1 Å². The summed E-state index contributed by atoms with van der Waals surface area (Å²) in [4.78, 5) is 39.5. The van der Waals surface area contributed by atoms with E-state index in [1.54, 1.807) is 54.6 Å². The summed E-state index contributed by atoms with van der Waals surface area (Å²) >= 11 is 17.2. The van der Waals surface area contributed by atoms with Gasteiger partial charge in [0, 0.05) is 5.02 Å². The molecule has 3 aromatic carbocycles. The largest absolute Gasteiger partial charge is 0.332 e. The molecule has 1 aliphatic rings. The van der Waals surface area contributed by atoms with Gasteiger partial charge in [-0.05, 0) is 54.7 Å².